The minimum atomic E-state index is -0.909. The van der Waals surface area contributed by atoms with E-state index in [1.165, 1.54) is 12.8 Å². The van der Waals surface area contributed by atoms with Crippen molar-refractivity contribution in [1.29, 1.82) is 0 Å². The van der Waals surface area contributed by atoms with Gasteiger partial charge in [0.15, 0.2) is 0 Å². The highest BCUT2D eigenvalue weighted by atomic mass is 16.4. The van der Waals surface area contributed by atoms with E-state index >= 15 is 0 Å². The Bertz CT molecular complexity index is 457. The van der Waals surface area contributed by atoms with Crippen molar-refractivity contribution in [3.8, 4) is 0 Å². The quantitative estimate of drug-likeness (QED) is 0.893. The normalized spacial score (nSPS) is 19.6. The van der Waals surface area contributed by atoms with Gasteiger partial charge in [-0.05, 0) is 37.8 Å². The van der Waals surface area contributed by atoms with Crippen molar-refractivity contribution < 1.29 is 9.90 Å². The zero-order chi connectivity index (χ0) is 13.3. The average Bonchev–Trinajstić information content (AvgIpc) is 2.77. The number of aromatic carboxylic acids is 1. The van der Waals surface area contributed by atoms with Crippen LogP contribution < -0.4 is 4.90 Å². The highest BCUT2D eigenvalue weighted by Crippen LogP contribution is 2.28. The highest BCUT2D eigenvalue weighted by molar-refractivity contribution is 5.89. The van der Waals surface area contributed by atoms with E-state index in [1.807, 2.05) is 6.07 Å². The van der Waals surface area contributed by atoms with E-state index in [4.69, 9.17) is 5.11 Å². The van der Waals surface area contributed by atoms with Gasteiger partial charge in [0.2, 0.25) is 0 Å². The molecule has 4 heteroatoms. The van der Waals surface area contributed by atoms with Crippen LogP contribution in [-0.2, 0) is 0 Å². The van der Waals surface area contributed by atoms with Crippen LogP contribution >= 0.6 is 0 Å². The first-order valence-electron chi connectivity index (χ1n) is 6.48. The first kappa shape index (κ1) is 12.9. The minimum absolute atomic E-state index is 0.291. The molecule has 0 radical (unpaired) electrons. The Balaban J connectivity index is 2.29. The molecule has 0 saturated carbocycles. The number of pyridine rings is 1. The van der Waals surface area contributed by atoms with E-state index in [0.717, 1.165) is 12.4 Å². The van der Waals surface area contributed by atoms with Crippen molar-refractivity contribution >= 4 is 11.8 Å². The largest absolute Gasteiger partial charge is 0.478 e. The number of carbonyl (C=O) groups is 1. The SMILES string of the molecule is Cc1nc(N2CCCC2C(C)C)ccc1C(=O)O. The summed E-state index contributed by atoms with van der Waals surface area (Å²) in [6.45, 7) is 7.22. The fourth-order valence-electron chi connectivity index (χ4n) is 2.70. The molecule has 1 aliphatic rings. The maximum atomic E-state index is 11.0. The van der Waals surface area contributed by atoms with Crippen LogP contribution in [0.5, 0.6) is 0 Å². The summed E-state index contributed by atoms with van der Waals surface area (Å²) < 4.78 is 0. The number of aryl methyl sites for hydroxylation is 1. The zero-order valence-corrected chi connectivity index (χ0v) is 11.2. The van der Waals surface area contributed by atoms with Crippen LogP contribution in [0.15, 0.2) is 12.1 Å². The van der Waals surface area contributed by atoms with E-state index in [9.17, 15) is 4.79 Å². The monoisotopic (exact) mass is 248 g/mol. The third-order valence-electron chi connectivity index (χ3n) is 3.66. The highest BCUT2D eigenvalue weighted by Gasteiger charge is 2.28. The van der Waals surface area contributed by atoms with E-state index in [-0.39, 0.29) is 0 Å². The molecular weight excluding hydrogens is 228 g/mol. The number of rotatable bonds is 3. The second kappa shape index (κ2) is 4.96. The third kappa shape index (κ3) is 2.33. The van der Waals surface area contributed by atoms with Gasteiger partial charge in [-0.2, -0.15) is 0 Å². The van der Waals surface area contributed by atoms with Crippen LogP contribution in [0.3, 0.4) is 0 Å². The Labute approximate surface area is 108 Å². The fourth-order valence-corrected chi connectivity index (χ4v) is 2.70. The van der Waals surface area contributed by atoms with E-state index in [2.05, 4.69) is 23.7 Å². The van der Waals surface area contributed by atoms with Crippen LogP contribution in [-0.4, -0.2) is 28.6 Å². The minimum Gasteiger partial charge on any atom is -0.478 e. The molecule has 1 aliphatic heterocycles. The van der Waals surface area contributed by atoms with Crippen molar-refractivity contribution in [1.82, 2.24) is 4.98 Å². The number of carboxylic acid groups (broad SMARTS) is 1. The second-order valence-electron chi connectivity index (χ2n) is 5.25. The second-order valence-corrected chi connectivity index (χ2v) is 5.25. The summed E-state index contributed by atoms with van der Waals surface area (Å²) in [5.41, 5.74) is 0.883. The predicted octanol–water partition coefficient (Wildman–Crippen LogP) is 2.71. The van der Waals surface area contributed by atoms with Crippen molar-refractivity contribution in [3.63, 3.8) is 0 Å². The standard InChI is InChI=1S/C14H20N2O2/c1-9(2)12-5-4-8-16(12)13-7-6-11(14(17)18)10(3)15-13/h6-7,9,12H,4-5,8H2,1-3H3,(H,17,18). The van der Waals surface area contributed by atoms with Crippen molar-refractivity contribution in [2.45, 2.75) is 39.7 Å². The summed E-state index contributed by atoms with van der Waals surface area (Å²) in [7, 11) is 0. The van der Waals surface area contributed by atoms with Gasteiger partial charge in [0.1, 0.15) is 5.82 Å². The summed E-state index contributed by atoms with van der Waals surface area (Å²) in [5, 5.41) is 9.01. The molecule has 1 aromatic rings. The van der Waals surface area contributed by atoms with Crippen molar-refractivity contribution in [3.05, 3.63) is 23.4 Å². The lowest BCUT2D eigenvalue weighted by atomic mass is 10.0. The fraction of sp³-hybridized carbons (Fsp3) is 0.571. The molecule has 4 nitrogen and oxygen atoms in total. The van der Waals surface area contributed by atoms with Gasteiger partial charge in [-0.25, -0.2) is 9.78 Å². The molecule has 0 amide bonds. The van der Waals surface area contributed by atoms with Gasteiger partial charge < -0.3 is 10.0 Å². The number of anilines is 1. The number of carboxylic acids is 1. The zero-order valence-electron chi connectivity index (χ0n) is 11.2. The van der Waals surface area contributed by atoms with Crippen LogP contribution in [0.25, 0.3) is 0 Å². The summed E-state index contributed by atoms with van der Waals surface area (Å²) in [6, 6.07) is 4.01. The predicted molar refractivity (Wildman–Crippen MR) is 71.1 cm³/mol. The smallest absolute Gasteiger partial charge is 0.337 e. The third-order valence-corrected chi connectivity index (χ3v) is 3.66. The van der Waals surface area contributed by atoms with Gasteiger partial charge in [-0.1, -0.05) is 13.8 Å². The lowest BCUT2D eigenvalue weighted by Gasteiger charge is -2.29. The van der Waals surface area contributed by atoms with Crippen LogP contribution in [0, 0.1) is 12.8 Å². The van der Waals surface area contributed by atoms with E-state index in [0.29, 0.717) is 23.2 Å². The van der Waals surface area contributed by atoms with Gasteiger partial charge in [0, 0.05) is 12.6 Å². The first-order valence-corrected chi connectivity index (χ1v) is 6.48. The molecule has 1 fully saturated rings. The van der Waals surface area contributed by atoms with Crippen LogP contribution in [0.1, 0.15) is 42.7 Å². The summed E-state index contributed by atoms with van der Waals surface area (Å²) in [6.07, 6.45) is 2.38. The maximum absolute atomic E-state index is 11.0. The first-order chi connectivity index (χ1) is 8.50. The lowest BCUT2D eigenvalue weighted by Crippen LogP contribution is -2.34. The van der Waals surface area contributed by atoms with Gasteiger partial charge in [0.05, 0.1) is 11.3 Å². The molecule has 0 aromatic carbocycles. The van der Waals surface area contributed by atoms with Crippen LogP contribution in [0.2, 0.25) is 0 Å². The summed E-state index contributed by atoms with van der Waals surface area (Å²) >= 11 is 0. The molecule has 98 valence electrons. The van der Waals surface area contributed by atoms with Gasteiger partial charge >= 0.3 is 5.97 Å². The number of aromatic nitrogens is 1. The lowest BCUT2D eigenvalue weighted by molar-refractivity contribution is 0.0695. The Hall–Kier alpha value is -1.58. The summed E-state index contributed by atoms with van der Waals surface area (Å²) in [4.78, 5) is 17.7. The molecule has 1 saturated heterocycles. The number of nitrogens with zero attached hydrogens (tertiary/aromatic N) is 2. The molecule has 1 unspecified atom stereocenters. The molecule has 0 bridgehead atoms. The Morgan fingerprint density at radius 1 is 1.50 bits per heavy atom. The number of hydrogen-bond donors (Lipinski definition) is 1. The van der Waals surface area contributed by atoms with Gasteiger partial charge in [-0.15, -0.1) is 0 Å². The van der Waals surface area contributed by atoms with Gasteiger partial charge in [0.25, 0.3) is 0 Å². The molecular formula is C14H20N2O2. The molecule has 1 aromatic heterocycles. The van der Waals surface area contributed by atoms with Gasteiger partial charge in [-0.3, -0.25) is 0 Å². The molecule has 2 heterocycles. The number of hydrogen-bond acceptors (Lipinski definition) is 3. The van der Waals surface area contributed by atoms with E-state index in [1.54, 1.807) is 13.0 Å². The van der Waals surface area contributed by atoms with E-state index < -0.39 is 5.97 Å². The Morgan fingerprint density at radius 3 is 2.78 bits per heavy atom. The summed E-state index contributed by atoms with van der Waals surface area (Å²) in [5.74, 6) is 0.593. The van der Waals surface area contributed by atoms with Crippen molar-refractivity contribution in [2.24, 2.45) is 5.92 Å². The molecule has 0 aliphatic carbocycles. The molecule has 0 spiro atoms. The Kier molecular flexibility index (Phi) is 3.55. The molecule has 2 rings (SSSR count). The molecule has 18 heavy (non-hydrogen) atoms. The molecule has 1 atom stereocenters. The topological polar surface area (TPSA) is 53.4 Å². The maximum Gasteiger partial charge on any atom is 0.337 e. The Morgan fingerprint density at radius 2 is 2.22 bits per heavy atom. The van der Waals surface area contributed by atoms with Crippen LogP contribution in [0.4, 0.5) is 5.82 Å². The molecule has 1 N–H and O–H groups in total. The van der Waals surface area contributed by atoms with Crippen molar-refractivity contribution in [2.75, 3.05) is 11.4 Å². The average molecular weight is 248 g/mol.